The molecule has 0 aliphatic rings. The van der Waals surface area contributed by atoms with Gasteiger partial charge >= 0.3 is 0 Å². The van der Waals surface area contributed by atoms with E-state index in [9.17, 15) is 4.79 Å². The van der Waals surface area contributed by atoms with Gasteiger partial charge in [0.05, 0.1) is 6.42 Å². The number of aromatic amines is 1. The maximum Gasteiger partial charge on any atom is 0.224 e. The van der Waals surface area contributed by atoms with Gasteiger partial charge in [-0.15, -0.1) is 0 Å². The molecule has 1 heterocycles. The summed E-state index contributed by atoms with van der Waals surface area (Å²) in [6, 6.07) is 12.1. The first kappa shape index (κ1) is 11.5. The lowest BCUT2D eigenvalue weighted by Gasteiger charge is -2.04. The van der Waals surface area contributed by atoms with Gasteiger partial charge in [0, 0.05) is 18.9 Å². The maximum atomic E-state index is 11.6. The Labute approximate surface area is 101 Å². The van der Waals surface area contributed by atoms with Gasteiger partial charge in [0.25, 0.3) is 0 Å². The van der Waals surface area contributed by atoms with Gasteiger partial charge in [0.15, 0.2) is 0 Å². The average molecular weight is 228 g/mol. The van der Waals surface area contributed by atoms with Crippen molar-refractivity contribution in [3.8, 4) is 0 Å². The van der Waals surface area contributed by atoms with Crippen LogP contribution in [0.25, 0.3) is 0 Å². The SMILES string of the molecule is O=C(Cc1cc[nH]c1)NCCc1ccccc1. The monoisotopic (exact) mass is 228 g/mol. The minimum atomic E-state index is 0.0699. The Kier molecular flexibility index (Phi) is 3.97. The van der Waals surface area contributed by atoms with E-state index in [1.807, 2.05) is 36.7 Å². The molecule has 0 spiro atoms. The summed E-state index contributed by atoms with van der Waals surface area (Å²) in [6.45, 7) is 0.688. The molecule has 2 N–H and O–H groups in total. The highest BCUT2D eigenvalue weighted by atomic mass is 16.1. The lowest BCUT2D eigenvalue weighted by atomic mass is 10.1. The third-order valence-electron chi connectivity index (χ3n) is 2.61. The van der Waals surface area contributed by atoms with Crippen molar-refractivity contribution in [1.82, 2.24) is 10.3 Å². The second kappa shape index (κ2) is 5.89. The summed E-state index contributed by atoms with van der Waals surface area (Å²) in [5, 5.41) is 2.92. The number of rotatable bonds is 5. The van der Waals surface area contributed by atoms with Crippen LogP contribution >= 0.6 is 0 Å². The van der Waals surface area contributed by atoms with Crippen LogP contribution in [0.2, 0.25) is 0 Å². The fourth-order valence-corrected chi connectivity index (χ4v) is 1.71. The van der Waals surface area contributed by atoms with Crippen molar-refractivity contribution >= 4 is 5.91 Å². The third kappa shape index (κ3) is 3.79. The molecular weight excluding hydrogens is 212 g/mol. The van der Waals surface area contributed by atoms with E-state index in [1.165, 1.54) is 5.56 Å². The molecule has 0 atom stereocenters. The van der Waals surface area contributed by atoms with Gasteiger partial charge in [-0.1, -0.05) is 30.3 Å². The zero-order chi connectivity index (χ0) is 11.9. The highest BCUT2D eigenvalue weighted by Gasteiger charge is 2.02. The molecule has 2 aromatic rings. The zero-order valence-corrected chi connectivity index (χ0v) is 9.65. The molecule has 0 unspecified atom stereocenters. The Bertz CT molecular complexity index is 448. The largest absolute Gasteiger partial charge is 0.367 e. The molecule has 0 saturated heterocycles. The Balaban J connectivity index is 1.70. The van der Waals surface area contributed by atoms with Crippen molar-refractivity contribution in [2.45, 2.75) is 12.8 Å². The van der Waals surface area contributed by atoms with E-state index in [-0.39, 0.29) is 5.91 Å². The number of nitrogens with one attached hydrogen (secondary N) is 2. The summed E-state index contributed by atoms with van der Waals surface area (Å²) in [6.07, 6.45) is 4.99. The Morgan fingerprint density at radius 2 is 1.94 bits per heavy atom. The molecule has 0 aliphatic heterocycles. The van der Waals surface area contributed by atoms with Gasteiger partial charge in [-0.25, -0.2) is 0 Å². The van der Waals surface area contributed by atoms with Crippen molar-refractivity contribution in [2.75, 3.05) is 6.54 Å². The van der Waals surface area contributed by atoms with Crippen LogP contribution in [0, 0.1) is 0 Å². The highest BCUT2D eigenvalue weighted by Crippen LogP contribution is 1.99. The summed E-state index contributed by atoms with van der Waals surface area (Å²) in [5.41, 5.74) is 2.26. The second-order valence-corrected chi connectivity index (χ2v) is 3.98. The number of carbonyl (C=O) groups excluding carboxylic acids is 1. The smallest absolute Gasteiger partial charge is 0.224 e. The van der Waals surface area contributed by atoms with E-state index < -0.39 is 0 Å². The van der Waals surface area contributed by atoms with Crippen LogP contribution in [0.1, 0.15) is 11.1 Å². The molecule has 3 heteroatoms. The van der Waals surface area contributed by atoms with Gasteiger partial charge < -0.3 is 10.3 Å². The fraction of sp³-hybridized carbons (Fsp3) is 0.214. The Morgan fingerprint density at radius 3 is 2.65 bits per heavy atom. The van der Waals surface area contributed by atoms with E-state index in [4.69, 9.17) is 0 Å². The number of hydrogen-bond donors (Lipinski definition) is 2. The number of aromatic nitrogens is 1. The van der Waals surface area contributed by atoms with Crippen LogP contribution in [-0.4, -0.2) is 17.4 Å². The first-order valence-corrected chi connectivity index (χ1v) is 5.77. The predicted molar refractivity (Wildman–Crippen MR) is 67.7 cm³/mol. The second-order valence-electron chi connectivity index (χ2n) is 3.98. The third-order valence-corrected chi connectivity index (χ3v) is 2.61. The number of amides is 1. The van der Waals surface area contributed by atoms with E-state index in [0.717, 1.165) is 12.0 Å². The molecule has 17 heavy (non-hydrogen) atoms. The number of carbonyl (C=O) groups is 1. The average Bonchev–Trinajstić information content (AvgIpc) is 2.83. The molecule has 0 bridgehead atoms. The van der Waals surface area contributed by atoms with Crippen molar-refractivity contribution in [3.63, 3.8) is 0 Å². The van der Waals surface area contributed by atoms with Crippen LogP contribution in [0.3, 0.4) is 0 Å². The van der Waals surface area contributed by atoms with Crippen LogP contribution in [0.5, 0.6) is 0 Å². The summed E-state index contributed by atoms with van der Waals surface area (Å²) in [5.74, 6) is 0.0699. The van der Waals surface area contributed by atoms with Gasteiger partial charge in [-0.3, -0.25) is 4.79 Å². The first-order chi connectivity index (χ1) is 8.34. The first-order valence-electron chi connectivity index (χ1n) is 5.77. The van der Waals surface area contributed by atoms with Crippen molar-refractivity contribution < 1.29 is 4.79 Å². The zero-order valence-electron chi connectivity index (χ0n) is 9.65. The summed E-state index contributed by atoms with van der Waals surface area (Å²) in [4.78, 5) is 14.5. The summed E-state index contributed by atoms with van der Waals surface area (Å²) < 4.78 is 0. The molecule has 0 radical (unpaired) electrons. The van der Waals surface area contributed by atoms with Gasteiger partial charge in [-0.2, -0.15) is 0 Å². The lowest BCUT2D eigenvalue weighted by Crippen LogP contribution is -2.27. The maximum absolute atomic E-state index is 11.6. The quantitative estimate of drug-likeness (QED) is 0.806. The highest BCUT2D eigenvalue weighted by molar-refractivity contribution is 5.78. The van der Waals surface area contributed by atoms with E-state index in [2.05, 4.69) is 22.4 Å². The van der Waals surface area contributed by atoms with Crippen LogP contribution in [-0.2, 0) is 17.6 Å². The predicted octanol–water partition coefficient (Wildman–Crippen LogP) is 1.92. The molecule has 0 fully saturated rings. The Morgan fingerprint density at radius 1 is 1.12 bits per heavy atom. The van der Waals surface area contributed by atoms with Crippen molar-refractivity contribution in [1.29, 1.82) is 0 Å². The summed E-state index contributed by atoms with van der Waals surface area (Å²) >= 11 is 0. The molecular formula is C14H16N2O. The van der Waals surface area contributed by atoms with E-state index in [0.29, 0.717) is 13.0 Å². The van der Waals surface area contributed by atoms with Gasteiger partial charge in [0.2, 0.25) is 5.91 Å². The normalized spacial score (nSPS) is 10.1. The fourth-order valence-electron chi connectivity index (χ4n) is 1.71. The van der Waals surface area contributed by atoms with Crippen LogP contribution in [0.4, 0.5) is 0 Å². The topological polar surface area (TPSA) is 44.9 Å². The molecule has 0 saturated carbocycles. The molecule has 0 aliphatic carbocycles. The standard InChI is InChI=1S/C14H16N2O/c17-14(10-13-6-8-15-11-13)16-9-7-12-4-2-1-3-5-12/h1-6,8,11,15H,7,9-10H2,(H,16,17). The molecule has 1 amide bonds. The molecule has 1 aromatic carbocycles. The Hall–Kier alpha value is -2.03. The minimum Gasteiger partial charge on any atom is -0.367 e. The molecule has 1 aromatic heterocycles. The van der Waals surface area contributed by atoms with Crippen LogP contribution in [0.15, 0.2) is 48.8 Å². The van der Waals surface area contributed by atoms with E-state index >= 15 is 0 Å². The van der Waals surface area contributed by atoms with Gasteiger partial charge in [0.1, 0.15) is 0 Å². The van der Waals surface area contributed by atoms with Crippen LogP contribution < -0.4 is 5.32 Å². The van der Waals surface area contributed by atoms with Gasteiger partial charge in [-0.05, 0) is 23.6 Å². The van der Waals surface area contributed by atoms with Crippen molar-refractivity contribution in [2.24, 2.45) is 0 Å². The van der Waals surface area contributed by atoms with E-state index in [1.54, 1.807) is 0 Å². The number of hydrogen-bond acceptors (Lipinski definition) is 1. The molecule has 3 nitrogen and oxygen atoms in total. The van der Waals surface area contributed by atoms with Crippen molar-refractivity contribution in [3.05, 3.63) is 59.9 Å². The lowest BCUT2D eigenvalue weighted by molar-refractivity contribution is -0.120. The minimum absolute atomic E-state index is 0.0699. The summed E-state index contributed by atoms with van der Waals surface area (Å²) in [7, 11) is 0. The number of H-pyrrole nitrogens is 1. The molecule has 2 rings (SSSR count). The number of benzene rings is 1. The molecule has 88 valence electrons.